The maximum atomic E-state index is 13.6. The van der Waals surface area contributed by atoms with Crippen molar-refractivity contribution in [1.82, 2.24) is 25.1 Å². The predicted octanol–water partition coefficient (Wildman–Crippen LogP) is 3.71. The van der Waals surface area contributed by atoms with E-state index in [9.17, 15) is 9.59 Å². The molecule has 38 heavy (non-hydrogen) atoms. The summed E-state index contributed by atoms with van der Waals surface area (Å²) in [6.07, 6.45) is 4.32. The summed E-state index contributed by atoms with van der Waals surface area (Å²) in [5.41, 5.74) is 3.64. The van der Waals surface area contributed by atoms with Gasteiger partial charge in [-0.2, -0.15) is 5.26 Å². The number of nitriles is 1. The molecule has 2 N–H and O–H groups in total. The molecule has 2 aromatic heterocycles. The molecule has 0 unspecified atom stereocenters. The molecule has 194 valence electrons. The van der Waals surface area contributed by atoms with Crippen molar-refractivity contribution < 1.29 is 9.59 Å². The lowest BCUT2D eigenvalue weighted by atomic mass is 10.0. The SMILES string of the molecule is Cl.N#Cc1cc(CCN2CCN(C(=O)[C@H](NC(=O)c3ccc4cc[nH]c4c3)c3ccccc3)CC2)ccn1. The van der Waals surface area contributed by atoms with Crippen LogP contribution in [-0.2, 0) is 11.2 Å². The summed E-state index contributed by atoms with van der Waals surface area (Å²) < 4.78 is 0. The van der Waals surface area contributed by atoms with Crippen LogP contribution in [-0.4, -0.2) is 64.3 Å². The van der Waals surface area contributed by atoms with Crippen LogP contribution in [0.25, 0.3) is 10.9 Å². The molecule has 3 heterocycles. The average molecular weight is 529 g/mol. The number of carbonyl (C=O) groups excluding carboxylic acids is 2. The Kier molecular flexibility index (Phi) is 8.74. The predicted molar refractivity (Wildman–Crippen MR) is 148 cm³/mol. The third-order valence-electron chi connectivity index (χ3n) is 6.81. The first kappa shape index (κ1) is 26.9. The highest BCUT2D eigenvalue weighted by Gasteiger charge is 2.30. The highest BCUT2D eigenvalue weighted by Crippen LogP contribution is 2.20. The molecule has 2 amide bonds. The van der Waals surface area contributed by atoms with Crippen LogP contribution in [0.4, 0.5) is 0 Å². The van der Waals surface area contributed by atoms with Crippen molar-refractivity contribution in [2.75, 3.05) is 32.7 Å². The fourth-order valence-corrected chi connectivity index (χ4v) is 4.69. The maximum absolute atomic E-state index is 13.6. The minimum Gasteiger partial charge on any atom is -0.361 e. The van der Waals surface area contributed by atoms with E-state index in [1.807, 2.05) is 65.7 Å². The monoisotopic (exact) mass is 528 g/mol. The summed E-state index contributed by atoms with van der Waals surface area (Å²) >= 11 is 0. The highest BCUT2D eigenvalue weighted by atomic mass is 35.5. The molecule has 8 nitrogen and oxygen atoms in total. The van der Waals surface area contributed by atoms with Crippen LogP contribution in [0.1, 0.15) is 33.2 Å². The lowest BCUT2D eigenvalue weighted by Crippen LogP contribution is -2.52. The molecule has 0 spiro atoms. The molecule has 5 rings (SSSR count). The van der Waals surface area contributed by atoms with Gasteiger partial charge in [-0.3, -0.25) is 14.5 Å². The van der Waals surface area contributed by atoms with Gasteiger partial charge in [0.25, 0.3) is 5.91 Å². The van der Waals surface area contributed by atoms with E-state index in [1.54, 1.807) is 18.3 Å². The molecule has 0 saturated carbocycles. The number of hydrogen-bond donors (Lipinski definition) is 2. The van der Waals surface area contributed by atoms with E-state index in [2.05, 4.69) is 26.3 Å². The van der Waals surface area contributed by atoms with E-state index in [-0.39, 0.29) is 24.2 Å². The van der Waals surface area contributed by atoms with Crippen LogP contribution in [0.5, 0.6) is 0 Å². The van der Waals surface area contributed by atoms with Gasteiger partial charge in [-0.05, 0) is 53.3 Å². The summed E-state index contributed by atoms with van der Waals surface area (Å²) in [5, 5.41) is 13.1. The van der Waals surface area contributed by atoms with Crippen LogP contribution in [0.2, 0.25) is 0 Å². The summed E-state index contributed by atoms with van der Waals surface area (Å²) in [7, 11) is 0. The van der Waals surface area contributed by atoms with Gasteiger partial charge in [0, 0.05) is 56.2 Å². The minimum atomic E-state index is -0.763. The molecule has 0 aliphatic carbocycles. The van der Waals surface area contributed by atoms with Crippen molar-refractivity contribution in [3.63, 3.8) is 0 Å². The fraction of sp³-hybridized carbons (Fsp3) is 0.241. The number of carbonyl (C=O) groups is 2. The molecular weight excluding hydrogens is 500 g/mol. The van der Waals surface area contributed by atoms with Crippen molar-refractivity contribution in [3.05, 3.63) is 102 Å². The number of amides is 2. The Morgan fingerprint density at radius 1 is 1.03 bits per heavy atom. The van der Waals surface area contributed by atoms with Crippen LogP contribution in [0.3, 0.4) is 0 Å². The number of pyridine rings is 1. The zero-order chi connectivity index (χ0) is 25.6. The largest absolute Gasteiger partial charge is 0.361 e. The molecule has 0 radical (unpaired) electrons. The second-order valence-electron chi connectivity index (χ2n) is 9.17. The molecule has 9 heteroatoms. The van der Waals surface area contributed by atoms with E-state index < -0.39 is 6.04 Å². The first-order valence-corrected chi connectivity index (χ1v) is 12.4. The van der Waals surface area contributed by atoms with Gasteiger partial charge in [-0.1, -0.05) is 36.4 Å². The second kappa shape index (κ2) is 12.4. The van der Waals surface area contributed by atoms with Crippen LogP contribution < -0.4 is 5.32 Å². The summed E-state index contributed by atoms with van der Waals surface area (Å²) in [6, 6.07) is 21.9. The smallest absolute Gasteiger partial charge is 0.252 e. The second-order valence-corrected chi connectivity index (χ2v) is 9.17. The number of rotatable bonds is 7. The molecule has 1 aliphatic heterocycles. The Labute approximate surface area is 227 Å². The molecule has 1 aliphatic rings. The van der Waals surface area contributed by atoms with Gasteiger partial charge in [0.15, 0.2) is 0 Å². The van der Waals surface area contributed by atoms with Gasteiger partial charge in [0.2, 0.25) is 5.91 Å². The molecule has 4 aromatic rings. The van der Waals surface area contributed by atoms with Crippen LogP contribution >= 0.6 is 12.4 Å². The van der Waals surface area contributed by atoms with E-state index in [4.69, 9.17) is 5.26 Å². The average Bonchev–Trinajstić information content (AvgIpc) is 3.43. The number of benzene rings is 2. The van der Waals surface area contributed by atoms with Gasteiger partial charge in [0.1, 0.15) is 17.8 Å². The molecule has 1 fully saturated rings. The van der Waals surface area contributed by atoms with E-state index in [1.165, 1.54) is 0 Å². The van der Waals surface area contributed by atoms with E-state index in [0.717, 1.165) is 48.1 Å². The zero-order valence-corrected chi connectivity index (χ0v) is 21.7. The van der Waals surface area contributed by atoms with Crippen molar-refractivity contribution in [1.29, 1.82) is 5.26 Å². The van der Waals surface area contributed by atoms with Crippen LogP contribution in [0, 0.1) is 11.3 Å². The third kappa shape index (κ3) is 6.20. The molecule has 0 bridgehead atoms. The number of fused-ring (bicyclic) bond motifs is 1. The van der Waals surface area contributed by atoms with E-state index in [0.29, 0.717) is 24.3 Å². The Balaban J connectivity index is 0.00000336. The topological polar surface area (TPSA) is 105 Å². The normalized spacial score (nSPS) is 14.3. The third-order valence-corrected chi connectivity index (χ3v) is 6.81. The van der Waals surface area contributed by atoms with Gasteiger partial charge in [-0.25, -0.2) is 4.98 Å². The lowest BCUT2D eigenvalue weighted by molar-refractivity contribution is -0.135. The van der Waals surface area contributed by atoms with Crippen molar-refractivity contribution >= 4 is 35.1 Å². The number of halogens is 1. The Bertz CT molecular complexity index is 1440. The number of hydrogen-bond acceptors (Lipinski definition) is 5. The summed E-state index contributed by atoms with van der Waals surface area (Å²) in [6.45, 7) is 3.53. The van der Waals surface area contributed by atoms with Gasteiger partial charge in [-0.15, -0.1) is 12.4 Å². The first-order valence-electron chi connectivity index (χ1n) is 12.4. The number of nitrogens with one attached hydrogen (secondary N) is 2. The van der Waals surface area contributed by atoms with Gasteiger partial charge < -0.3 is 15.2 Å². The summed E-state index contributed by atoms with van der Waals surface area (Å²) in [5.74, 6) is -0.389. The quantitative estimate of drug-likeness (QED) is 0.380. The number of piperazine rings is 1. The molecular formula is C29H29ClN6O2. The Morgan fingerprint density at radius 2 is 1.82 bits per heavy atom. The standard InChI is InChI=1S/C29H28N6O2.ClH/c30-20-25-18-21(8-11-31-25)10-13-34-14-16-35(17-15-34)29(37)27(23-4-2-1-3-5-23)33-28(36)24-7-6-22-9-12-32-26(22)19-24;/h1-9,11-12,18-19,27,32H,10,13-17H2,(H,33,36);1H/t27-;/m1./s1. The Hall–Kier alpha value is -4.19. The zero-order valence-electron chi connectivity index (χ0n) is 20.8. The van der Waals surface area contributed by atoms with Crippen molar-refractivity contribution in [3.8, 4) is 6.07 Å². The maximum Gasteiger partial charge on any atom is 0.252 e. The first-order chi connectivity index (χ1) is 18.1. The van der Waals surface area contributed by atoms with Crippen LogP contribution in [0.15, 0.2) is 79.1 Å². The molecule has 1 atom stereocenters. The number of nitrogens with zero attached hydrogens (tertiary/aromatic N) is 4. The van der Waals surface area contributed by atoms with Crippen molar-refractivity contribution in [2.24, 2.45) is 0 Å². The molecule has 2 aromatic carbocycles. The van der Waals surface area contributed by atoms with Crippen molar-refractivity contribution in [2.45, 2.75) is 12.5 Å². The fourth-order valence-electron chi connectivity index (χ4n) is 4.69. The number of H-pyrrole nitrogens is 1. The number of aromatic amines is 1. The lowest BCUT2D eigenvalue weighted by Gasteiger charge is -2.36. The summed E-state index contributed by atoms with van der Waals surface area (Å²) in [4.78, 5) is 38.1. The minimum absolute atomic E-state index is 0. The molecule has 1 saturated heterocycles. The van der Waals surface area contributed by atoms with Gasteiger partial charge in [0.05, 0.1) is 0 Å². The van der Waals surface area contributed by atoms with Gasteiger partial charge >= 0.3 is 0 Å². The van der Waals surface area contributed by atoms with E-state index >= 15 is 0 Å². The number of aromatic nitrogens is 2. The highest BCUT2D eigenvalue weighted by molar-refractivity contribution is 6.00. The Morgan fingerprint density at radius 3 is 2.58 bits per heavy atom.